The van der Waals surface area contributed by atoms with Crippen LogP contribution in [0.3, 0.4) is 0 Å². The number of alkyl halides is 3. The minimum atomic E-state index is -4.20. The Hall–Kier alpha value is -2.16. The van der Waals surface area contributed by atoms with Crippen LogP contribution in [0.5, 0.6) is 11.5 Å². The summed E-state index contributed by atoms with van der Waals surface area (Å²) in [5, 5.41) is 3.23. The van der Waals surface area contributed by atoms with E-state index in [1.165, 1.54) is 11.8 Å². The molecular formula is C19H29F3N4O2. The van der Waals surface area contributed by atoms with Crippen molar-refractivity contribution in [1.29, 1.82) is 0 Å². The number of ether oxygens (including phenoxy) is 2. The highest BCUT2D eigenvalue weighted by Crippen LogP contribution is 2.28. The van der Waals surface area contributed by atoms with Crippen molar-refractivity contribution in [2.45, 2.75) is 32.6 Å². The third-order valence-electron chi connectivity index (χ3n) is 4.83. The molecule has 1 unspecified atom stereocenters. The van der Waals surface area contributed by atoms with Crippen LogP contribution in [0.25, 0.3) is 0 Å². The van der Waals surface area contributed by atoms with Crippen molar-refractivity contribution >= 4 is 5.96 Å². The van der Waals surface area contributed by atoms with Crippen LogP contribution in [0.2, 0.25) is 0 Å². The van der Waals surface area contributed by atoms with Gasteiger partial charge in [-0.15, -0.1) is 0 Å². The van der Waals surface area contributed by atoms with E-state index in [1.54, 1.807) is 14.2 Å². The Labute approximate surface area is 164 Å². The van der Waals surface area contributed by atoms with Gasteiger partial charge in [-0.05, 0) is 31.5 Å². The first kappa shape index (κ1) is 22.1. The Morgan fingerprint density at radius 3 is 2.32 bits per heavy atom. The van der Waals surface area contributed by atoms with Crippen molar-refractivity contribution in [2.75, 3.05) is 46.9 Å². The molecule has 1 saturated heterocycles. The van der Waals surface area contributed by atoms with E-state index in [0.717, 1.165) is 5.56 Å². The number of hydrogen-bond donors (Lipinski definition) is 1. The van der Waals surface area contributed by atoms with Crippen LogP contribution in [0, 0.1) is 0 Å². The molecule has 1 atom stereocenters. The lowest BCUT2D eigenvalue weighted by Gasteiger charge is -2.39. The molecule has 1 fully saturated rings. The molecule has 1 aromatic rings. The average Bonchev–Trinajstić information content (AvgIpc) is 2.69. The lowest BCUT2D eigenvalue weighted by molar-refractivity contribution is -0.181. The van der Waals surface area contributed by atoms with Gasteiger partial charge in [0, 0.05) is 32.7 Å². The van der Waals surface area contributed by atoms with E-state index in [2.05, 4.69) is 10.3 Å². The summed E-state index contributed by atoms with van der Waals surface area (Å²) in [6, 6.07) is 4.18. The molecule has 158 valence electrons. The molecule has 0 aromatic heterocycles. The Kier molecular flexibility index (Phi) is 7.79. The number of halogens is 3. The van der Waals surface area contributed by atoms with Crippen molar-refractivity contribution in [3.8, 4) is 11.5 Å². The van der Waals surface area contributed by atoms with E-state index in [0.29, 0.717) is 56.7 Å². The first-order valence-electron chi connectivity index (χ1n) is 9.35. The molecule has 2 rings (SSSR count). The zero-order valence-corrected chi connectivity index (χ0v) is 16.8. The summed E-state index contributed by atoms with van der Waals surface area (Å²) in [5.74, 6) is 1.99. The van der Waals surface area contributed by atoms with Gasteiger partial charge in [0.15, 0.2) is 17.5 Å². The highest BCUT2D eigenvalue weighted by Gasteiger charge is 2.41. The molecule has 0 saturated carbocycles. The van der Waals surface area contributed by atoms with E-state index < -0.39 is 12.2 Å². The van der Waals surface area contributed by atoms with Crippen molar-refractivity contribution < 1.29 is 22.6 Å². The van der Waals surface area contributed by atoms with Crippen LogP contribution in [0.4, 0.5) is 13.2 Å². The third-order valence-corrected chi connectivity index (χ3v) is 4.83. The van der Waals surface area contributed by atoms with Crippen molar-refractivity contribution in [3.63, 3.8) is 0 Å². The Balaban J connectivity index is 2.03. The van der Waals surface area contributed by atoms with Gasteiger partial charge in [-0.25, -0.2) is 4.99 Å². The normalized spacial score (nSPS) is 17.4. The van der Waals surface area contributed by atoms with E-state index in [4.69, 9.17) is 9.47 Å². The van der Waals surface area contributed by atoms with Gasteiger partial charge in [-0.2, -0.15) is 13.2 Å². The topological polar surface area (TPSA) is 49.3 Å². The van der Waals surface area contributed by atoms with Crippen LogP contribution in [0.1, 0.15) is 19.4 Å². The summed E-state index contributed by atoms with van der Waals surface area (Å²) in [5.41, 5.74) is 0.956. The molecule has 1 N–H and O–H groups in total. The van der Waals surface area contributed by atoms with Gasteiger partial charge in [0.25, 0.3) is 0 Å². The van der Waals surface area contributed by atoms with Crippen molar-refractivity contribution in [3.05, 3.63) is 23.8 Å². The second-order valence-electron chi connectivity index (χ2n) is 6.60. The average molecular weight is 402 g/mol. The van der Waals surface area contributed by atoms with Gasteiger partial charge in [0.1, 0.15) is 6.04 Å². The zero-order valence-electron chi connectivity index (χ0n) is 16.8. The molecule has 0 aliphatic carbocycles. The summed E-state index contributed by atoms with van der Waals surface area (Å²) in [7, 11) is 3.16. The van der Waals surface area contributed by atoms with Crippen molar-refractivity contribution in [1.82, 2.24) is 15.1 Å². The van der Waals surface area contributed by atoms with E-state index in [-0.39, 0.29) is 0 Å². The number of aliphatic imine (C=N–C) groups is 1. The number of methoxy groups -OCH3 is 2. The number of nitrogens with zero attached hydrogens (tertiary/aromatic N) is 3. The lowest BCUT2D eigenvalue weighted by atomic mass is 10.2. The maximum atomic E-state index is 12.9. The largest absolute Gasteiger partial charge is 0.493 e. The number of hydrogen-bond acceptors (Lipinski definition) is 4. The van der Waals surface area contributed by atoms with Crippen LogP contribution >= 0.6 is 0 Å². The predicted octanol–water partition coefficient (Wildman–Crippen LogP) is 2.74. The first-order valence-corrected chi connectivity index (χ1v) is 9.35. The molecule has 0 radical (unpaired) electrons. The fraction of sp³-hybridized carbons (Fsp3) is 0.632. The quantitative estimate of drug-likeness (QED) is 0.586. The molecule has 0 spiro atoms. The summed E-state index contributed by atoms with van der Waals surface area (Å²) in [6.45, 7) is 5.99. The fourth-order valence-corrected chi connectivity index (χ4v) is 3.10. The SMILES string of the molecule is CCNC(=NCc1ccc(OC)c(OC)c1)N1CCN(C(C)C(F)(F)F)CC1. The molecule has 1 aliphatic heterocycles. The van der Waals surface area contributed by atoms with Gasteiger partial charge < -0.3 is 19.7 Å². The number of benzene rings is 1. The number of rotatable bonds is 6. The molecular weight excluding hydrogens is 373 g/mol. The molecule has 0 bridgehead atoms. The summed E-state index contributed by atoms with van der Waals surface area (Å²) < 4.78 is 49.3. The lowest BCUT2D eigenvalue weighted by Crippen LogP contribution is -2.56. The van der Waals surface area contributed by atoms with Gasteiger partial charge in [-0.3, -0.25) is 4.90 Å². The Morgan fingerprint density at radius 1 is 1.14 bits per heavy atom. The monoisotopic (exact) mass is 402 g/mol. The van der Waals surface area contributed by atoms with E-state index in [1.807, 2.05) is 30.0 Å². The maximum Gasteiger partial charge on any atom is 0.403 e. The second kappa shape index (κ2) is 9.86. The third kappa shape index (κ3) is 5.67. The molecule has 1 aromatic carbocycles. The highest BCUT2D eigenvalue weighted by molar-refractivity contribution is 5.80. The Morgan fingerprint density at radius 2 is 1.79 bits per heavy atom. The molecule has 6 nitrogen and oxygen atoms in total. The molecule has 0 amide bonds. The number of guanidine groups is 1. The van der Waals surface area contributed by atoms with E-state index >= 15 is 0 Å². The smallest absolute Gasteiger partial charge is 0.403 e. The summed E-state index contributed by atoms with van der Waals surface area (Å²) >= 11 is 0. The van der Waals surface area contributed by atoms with Crippen LogP contribution < -0.4 is 14.8 Å². The maximum absolute atomic E-state index is 12.9. The minimum absolute atomic E-state index is 0.349. The standard InChI is InChI=1S/C19H29F3N4O2/c1-5-23-18(24-13-15-6-7-16(27-3)17(12-15)28-4)26-10-8-25(9-11-26)14(2)19(20,21)22/h6-7,12,14H,5,8-11,13H2,1-4H3,(H,23,24). The molecule has 9 heteroatoms. The predicted molar refractivity (Wildman–Crippen MR) is 103 cm³/mol. The first-order chi connectivity index (χ1) is 13.3. The molecule has 1 heterocycles. The number of piperazine rings is 1. The fourth-order valence-electron chi connectivity index (χ4n) is 3.10. The van der Waals surface area contributed by atoms with Crippen LogP contribution in [0.15, 0.2) is 23.2 Å². The van der Waals surface area contributed by atoms with Gasteiger partial charge in [-0.1, -0.05) is 6.07 Å². The zero-order chi connectivity index (χ0) is 20.7. The van der Waals surface area contributed by atoms with Crippen LogP contribution in [-0.2, 0) is 6.54 Å². The minimum Gasteiger partial charge on any atom is -0.493 e. The summed E-state index contributed by atoms with van der Waals surface area (Å²) in [6.07, 6.45) is -4.20. The van der Waals surface area contributed by atoms with Crippen molar-refractivity contribution in [2.24, 2.45) is 4.99 Å². The number of nitrogens with one attached hydrogen (secondary N) is 1. The van der Waals surface area contributed by atoms with E-state index in [9.17, 15) is 13.2 Å². The van der Waals surface area contributed by atoms with Gasteiger partial charge in [0.2, 0.25) is 0 Å². The highest BCUT2D eigenvalue weighted by atomic mass is 19.4. The van der Waals surface area contributed by atoms with Crippen LogP contribution in [-0.4, -0.2) is 74.9 Å². The molecule has 1 aliphatic rings. The van der Waals surface area contributed by atoms with Gasteiger partial charge in [0.05, 0.1) is 20.8 Å². The Bertz CT molecular complexity index is 659. The second-order valence-corrected chi connectivity index (χ2v) is 6.60. The summed E-state index contributed by atoms with van der Waals surface area (Å²) in [4.78, 5) is 8.12. The van der Waals surface area contributed by atoms with Gasteiger partial charge >= 0.3 is 6.18 Å². The molecule has 28 heavy (non-hydrogen) atoms.